The van der Waals surface area contributed by atoms with Crippen molar-refractivity contribution in [1.29, 1.82) is 0 Å². The van der Waals surface area contributed by atoms with Crippen LogP contribution in [0.1, 0.15) is 56.0 Å². The highest BCUT2D eigenvalue weighted by atomic mass is 35.5. The molecule has 2 aliphatic heterocycles. The molecule has 2 aromatic heterocycles. The Bertz CT molecular complexity index is 1510. The van der Waals surface area contributed by atoms with E-state index in [0.29, 0.717) is 35.6 Å². The van der Waals surface area contributed by atoms with Crippen LogP contribution in [0.3, 0.4) is 0 Å². The van der Waals surface area contributed by atoms with Crippen molar-refractivity contribution in [3.8, 4) is 0 Å². The number of ether oxygens (including phenoxy) is 1. The molecule has 0 unspecified atom stereocenters. The van der Waals surface area contributed by atoms with E-state index in [1.165, 1.54) is 31.4 Å². The number of alkyl halides is 3. The molecule has 3 aromatic rings. The first-order valence-corrected chi connectivity index (χ1v) is 15.1. The highest BCUT2D eigenvalue weighted by molar-refractivity contribution is 7.91. The summed E-state index contributed by atoms with van der Waals surface area (Å²) >= 11 is 6.05. The van der Waals surface area contributed by atoms with Crippen molar-refractivity contribution in [3.05, 3.63) is 52.9 Å². The monoisotopic (exact) mass is 599 g/mol. The Kier molecular flexibility index (Phi) is 7.51. The number of nitrogens with one attached hydrogen (secondary N) is 1. The van der Waals surface area contributed by atoms with E-state index in [2.05, 4.69) is 15.4 Å². The van der Waals surface area contributed by atoms with Gasteiger partial charge >= 0.3 is 6.18 Å². The summed E-state index contributed by atoms with van der Waals surface area (Å²) in [6, 6.07) is 5.16. The lowest BCUT2D eigenvalue weighted by atomic mass is 9.73. The molecule has 2 fully saturated rings. The number of aromatic nitrogens is 3. The van der Waals surface area contributed by atoms with Crippen molar-refractivity contribution in [2.45, 2.75) is 50.9 Å². The van der Waals surface area contributed by atoms with E-state index in [1.54, 1.807) is 16.8 Å². The molecule has 1 spiro atoms. The predicted octanol–water partition coefficient (Wildman–Crippen LogP) is 5.25. The van der Waals surface area contributed by atoms with Gasteiger partial charge in [-0.3, -0.25) is 4.79 Å². The van der Waals surface area contributed by atoms with Crippen molar-refractivity contribution in [1.82, 2.24) is 19.5 Å². The van der Waals surface area contributed by atoms with Crippen LogP contribution in [-0.4, -0.2) is 65.2 Å². The third kappa shape index (κ3) is 5.38. The van der Waals surface area contributed by atoms with Crippen LogP contribution < -0.4 is 5.32 Å². The number of rotatable bonds is 6. The fraction of sp³-hybridized carbons (Fsp3) is 0.500. The molecule has 4 heterocycles. The lowest BCUT2D eigenvalue weighted by Gasteiger charge is -2.46. The molecule has 0 radical (unpaired) electrons. The maximum Gasteiger partial charge on any atom is 0.413 e. The van der Waals surface area contributed by atoms with Gasteiger partial charge in [0, 0.05) is 25.4 Å². The van der Waals surface area contributed by atoms with E-state index in [1.807, 2.05) is 6.92 Å². The number of likely N-dealkylation sites (tertiary alicyclic amines) is 1. The standard InChI is InChI=1S/C26H29ClF3N5O4S/c1-16(39-2)22-19(15-31-21-14-20(27)33-35(21)22)32-18-6-4-17(5-7-18)23(26(28,29)30)34-11-3-8-25(24(34)36)9-12-40(37,38)13-10-25/h4-7,14-16,23,32H,3,8-13H2,1-2H3/t16-,23-/m0/s1. The first-order chi connectivity index (χ1) is 18.8. The predicted molar refractivity (Wildman–Crippen MR) is 143 cm³/mol. The zero-order chi connectivity index (χ0) is 28.9. The van der Waals surface area contributed by atoms with Crippen molar-refractivity contribution >= 4 is 44.4 Å². The first-order valence-electron chi connectivity index (χ1n) is 12.9. The zero-order valence-electron chi connectivity index (χ0n) is 21.9. The van der Waals surface area contributed by atoms with Crippen LogP contribution in [0.15, 0.2) is 36.5 Å². The van der Waals surface area contributed by atoms with Gasteiger partial charge in [-0.1, -0.05) is 23.7 Å². The highest BCUT2D eigenvalue weighted by Crippen LogP contribution is 2.47. The molecular weight excluding hydrogens is 571 g/mol. The summed E-state index contributed by atoms with van der Waals surface area (Å²) < 4.78 is 74.4. The van der Waals surface area contributed by atoms with E-state index in [-0.39, 0.29) is 41.6 Å². The van der Waals surface area contributed by atoms with E-state index >= 15 is 0 Å². The smallest absolute Gasteiger partial charge is 0.375 e. The van der Waals surface area contributed by atoms with Crippen molar-refractivity contribution in [2.75, 3.05) is 30.5 Å². The number of amides is 1. The molecule has 9 nitrogen and oxygen atoms in total. The largest absolute Gasteiger partial charge is 0.413 e. The van der Waals surface area contributed by atoms with Crippen LogP contribution in [0.2, 0.25) is 5.15 Å². The van der Waals surface area contributed by atoms with Gasteiger partial charge < -0.3 is 15.0 Å². The maximum atomic E-state index is 14.5. The molecule has 1 N–H and O–H groups in total. The van der Waals surface area contributed by atoms with E-state index in [4.69, 9.17) is 16.3 Å². The molecule has 0 saturated carbocycles. The Hall–Kier alpha value is -2.90. The average Bonchev–Trinajstić information content (AvgIpc) is 3.28. The van der Waals surface area contributed by atoms with Gasteiger partial charge in [-0.25, -0.2) is 17.9 Å². The summed E-state index contributed by atoms with van der Waals surface area (Å²) in [5, 5.41) is 7.68. The Morgan fingerprint density at radius 3 is 2.45 bits per heavy atom. The lowest BCUT2D eigenvalue weighted by Crippen LogP contribution is -2.55. The Morgan fingerprint density at radius 2 is 1.82 bits per heavy atom. The number of halogens is 4. The molecule has 2 aliphatic rings. The minimum atomic E-state index is -4.72. The van der Waals surface area contributed by atoms with Crippen molar-refractivity contribution in [3.63, 3.8) is 0 Å². The van der Waals surface area contributed by atoms with Crippen LogP contribution >= 0.6 is 11.6 Å². The number of nitrogens with zero attached hydrogens (tertiary/aromatic N) is 4. The summed E-state index contributed by atoms with van der Waals surface area (Å²) in [6.07, 6.45) is -2.68. The Labute approximate surface area is 234 Å². The second kappa shape index (κ2) is 10.5. The topological polar surface area (TPSA) is 106 Å². The number of benzene rings is 1. The Morgan fingerprint density at radius 1 is 1.15 bits per heavy atom. The average molecular weight is 600 g/mol. The zero-order valence-corrected chi connectivity index (χ0v) is 23.5. The molecule has 40 heavy (non-hydrogen) atoms. The highest BCUT2D eigenvalue weighted by Gasteiger charge is 2.54. The third-order valence-corrected chi connectivity index (χ3v) is 9.75. The number of hydrogen-bond donors (Lipinski definition) is 1. The minimum absolute atomic E-state index is 0.0477. The first kappa shape index (κ1) is 28.6. The van der Waals surface area contributed by atoms with Crippen LogP contribution in [0, 0.1) is 5.41 Å². The second-order valence-electron chi connectivity index (χ2n) is 10.4. The number of fused-ring (bicyclic) bond motifs is 1. The summed E-state index contributed by atoms with van der Waals surface area (Å²) in [6.45, 7) is 1.77. The molecule has 216 valence electrons. The van der Waals surface area contributed by atoms with E-state index in [9.17, 15) is 26.4 Å². The molecular formula is C26H29ClF3N5O4S. The van der Waals surface area contributed by atoms with Gasteiger partial charge in [0.15, 0.2) is 16.8 Å². The SMILES string of the molecule is CO[C@@H](C)c1c(Nc2ccc([C@H](N3CCCC4(CCS(=O)(=O)CC4)C3=O)C(F)(F)F)cc2)cnc2cc(Cl)nn12. The van der Waals surface area contributed by atoms with Gasteiger partial charge in [0.1, 0.15) is 9.84 Å². The van der Waals surface area contributed by atoms with Crippen LogP contribution in [0.25, 0.3) is 5.65 Å². The van der Waals surface area contributed by atoms with Gasteiger partial charge in [0.2, 0.25) is 5.91 Å². The molecule has 14 heteroatoms. The summed E-state index contributed by atoms with van der Waals surface area (Å²) in [5.74, 6) is -0.981. The number of carbonyl (C=O) groups excluding carboxylic acids is 1. The summed E-state index contributed by atoms with van der Waals surface area (Å²) in [4.78, 5) is 18.7. The maximum absolute atomic E-state index is 14.5. The number of sulfone groups is 1. The number of piperidine rings is 1. The lowest BCUT2D eigenvalue weighted by molar-refractivity contribution is -0.200. The Balaban J connectivity index is 1.43. The number of hydrogen-bond acceptors (Lipinski definition) is 7. The van der Waals surface area contributed by atoms with Gasteiger partial charge in [-0.15, -0.1) is 0 Å². The molecule has 5 rings (SSSR count). The van der Waals surface area contributed by atoms with Crippen molar-refractivity contribution in [2.24, 2.45) is 5.41 Å². The van der Waals surface area contributed by atoms with Crippen LogP contribution in [-0.2, 0) is 19.4 Å². The molecule has 0 bridgehead atoms. The van der Waals surface area contributed by atoms with Crippen LogP contribution in [0.4, 0.5) is 24.5 Å². The van der Waals surface area contributed by atoms with Gasteiger partial charge in [-0.2, -0.15) is 18.3 Å². The molecule has 2 atom stereocenters. The second-order valence-corrected chi connectivity index (χ2v) is 13.1. The fourth-order valence-corrected chi connectivity index (χ4v) is 7.49. The van der Waals surface area contributed by atoms with Gasteiger partial charge in [-0.05, 0) is 50.3 Å². The number of methoxy groups -OCH3 is 1. The molecule has 2 saturated heterocycles. The van der Waals surface area contributed by atoms with E-state index < -0.39 is 39.5 Å². The number of anilines is 2. The van der Waals surface area contributed by atoms with E-state index in [0.717, 1.165) is 4.90 Å². The minimum Gasteiger partial charge on any atom is -0.375 e. The normalized spacial score (nSPS) is 20.6. The molecule has 1 aromatic carbocycles. The van der Waals surface area contributed by atoms with Gasteiger partial charge in [0.05, 0.1) is 40.6 Å². The van der Waals surface area contributed by atoms with Gasteiger partial charge in [0.25, 0.3) is 0 Å². The quantitative estimate of drug-likeness (QED) is 0.412. The molecule has 1 amide bonds. The summed E-state index contributed by atoms with van der Waals surface area (Å²) in [7, 11) is -1.74. The molecule has 0 aliphatic carbocycles. The summed E-state index contributed by atoms with van der Waals surface area (Å²) in [5.41, 5.74) is 1.01. The van der Waals surface area contributed by atoms with Crippen molar-refractivity contribution < 1.29 is 31.1 Å². The fourth-order valence-electron chi connectivity index (χ4n) is 5.71. The van der Waals surface area contributed by atoms with Crippen LogP contribution in [0.5, 0.6) is 0 Å². The number of carbonyl (C=O) groups is 1. The third-order valence-electron chi connectivity index (χ3n) is 7.91.